The first kappa shape index (κ1) is 39.2. The molecule has 304 valence electrons. The van der Waals surface area contributed by atoms with E-state index in [-0.39, 0.29) is 0 Å². The lowest BCUT2D eigenvalue weighted by atomic mass is 9.90. The van der Waals surface area contributed by atoms with Crippen LogP contribution in [0.3, 0.4) is 0 Å². The van der Waals surface area contributed by atoms with E-state index in [0.717, 1.165) is 70.8 Å². The number of aryl methyl sites for hydroxylation is 2. The Balaban J connectivity index is 1.19. The third kappa shape index (κ3) is 7.23. The van der Waals surface area contributed by atoms with Gasteiger partial charge >= 0.3 is 0 Å². The average molecular weight is 817 g/mol. The van der Waals surface area contributed by atoms with Gasteiger partial charge in [0.2, 0.25) is 0 Å². The quantitative estimate of drug-likeness (QED) is 0.147. The Bertz CT molecular complexity index is 3480. The van der Waals surface area contributed by atoms with Crippen LogP contribution in [-0.2, 0) is 12.8 Å². The molecule has 0 saturated heterocycles. The van der Waals surface area contributed by atoms with Gasteiger partial charge in [-0.25, -0.2) is 0 Å². The maximum atomic E-state index is 3.60. The highest BCUT2D eigenvalue weighted by atomic mass is 14.2. The molecule has 17 aromatic rings. The van der Waals surface area contributed by atoms with E-state index in [1.165, 1.54) is 86.5 Å². The van der Waals surface area contributed by atoms with Gasteiger partial charge in [0.15, 0.2) is 0 Å². The zero-order valence-electron chi connectivity index (χ0n) is 36.6. The molecule has 0 spiro atoms. The zero-order chi connectivity index (χ0) is 43.0. The van der Waals surface area contributed by atoms with Crippen molar-refractivity contribution in [1.29, 1.82) is 0 Å². The molecule has 0 N–H and O–H groups in total. The summed E-state index contributed by atoms with van der Waals surface area (Å²) in [5.74, 6) is 0. The first-order chi connectivity index (χ1) is 31.6. The van der Waals surface area contributed by atoms with Crippen molar-refractivity contribution in [3.05, 3.63) is 217 Å². The molecule has 0 amide bonds. The molecule has 0 nitrogen and oxygen atoms in total. The van der Waals surface area contributed by atoms with Crippen molar-refractivity contribution in [2.75, 3.05) is 0 Å². The molecule has 0 aromatic heterocycles. The molecule has 0 atom stereocenters. The minimum atomic E-state index is 0.998. The Kier molecular flexibility index (Phi) is 10.4. The summed E-state index contributed by atoms with van der Waals surface area (Å²) in [6.07, 6.45) is 6.64. The fourth-order valence-corrected chi connectivity index (χ4v) is 9.94. The third-order valence-corrected chi connectivity index (χ3v) is 13.4. The summed E-state index contributed by atoms with van der Waals surface area (Å²) in [5.41, 5.74) is 2.84. The highest BCUT2D eigenvalue weighted by molar-refractivity contribution is 6.17. The summed E-state index contributed by atoms with van der Waals surface area (Å²) in [5, 5.41) is 24.0. The second kappa shape index (κ2) is 16.9. The lowest BCUT2D eigenvalue weighted by molar-refractivity contribution is 0.802. The summed E-state index contributed by atoms with van der Waals surface area (Å²) < 4.78 is 0. The van der Waals surface area contributed by atoms with Crippen molar-refractivity contribution in [3.63, 3.8) is 0 Å². The Labute approximate surface area is 375 Å². The highest BCUT2D eigenvalue weighted by Gasteiger charge is 2.12. The van der Waals surface area contributed by atoms with Crippen LogP contribution in [0.25, 0.3) is 108 Å². The van der Waals surface area contributed by atoms with E-state index in [2.05, 4.69) is 220 Å². The summed E-state index contributed by atoms with van der Waals surface area (Å²) >= 11 is 0. The predicted octanol–water partition coefficient (Wildman–Crippen LogP) is 17.9. The maximum Gasteiger partial charge on any atom is 0.0327 e. The fraction of sp³-hybridized carbons (Fsp3) is 0.125. The van der Waals surface area contributed by atoms with Crippen LogP contribution >= 0.6 is 0 Å². The molecule has 17 aromatic carbocycles. The monoisotopic (exact) mass is 816 g/mol. The molecule has 17 rings (SSSR count). The largest absolute Gasteiger partial charge is 0.0654 e. The van der Waals surface area contributed by atoms with Crippen LogP contribution in [0.4, 0.5) is 0 Å². The van der Waals surface area contributed by atoms with Gasteiger partial charge in [0, 0.05) is 21.5 Å². The van der Waals surface area contributed by atoms with E-state index < -0.39 is 0 Å². The molecular weight excluding hydrogens is 769 g/mol. The molecule has 0 radical (unpaired) electrons. The molecule has 0 fully saturated rings. The highest BCUT2D eigenvalue weighted by Crippen LogP contribution is 2.37. The summed E-state index contributed by atoms with van der Waals surface area (Å²) in [7, 11) is 0. The van der Waals surface area contributed by atoms with E-state index in [1.54, 1.807) is 0 Å². The molecule has 0 aliphatic carbocycles. The average Bonchev–Trinajstić information content (AvgIpc) is 3.35. The molecule has 0 unspecified atom stereocenters. The minimum Gasteiger partial charge on any atom is -0.0654 e. The number of hydrogen-bond acceptors (Lipinski definition) is 0. The molecular formula is C64H48. The molecule has 0 heteroatoms. The van der Waals surface area contributed by atoms with Crippen molar-refractivity contribution >= 4 is 108 Å². The van der Waals surface area contributed by atoms with Gasteiger partial charge < -0.3 is 0 Å². The second-order valence-corrected chi connectivity index (χ2v) is 17.3. The van der Waals surface area contributed by atoms with Gasteiger partial charge in [-0.2, -0.15) is 0 Å². The van der Waals surface area contributed by atoms with Crippen LogP contribution in [0.15, 0.2) is 182 Å². The Hall–Kier alpha value is -7.64. The second-order valence-electron chi connectivity index (χ2n) is 17.3. The first-order valence-electron chi connectivity index (χ1n) is 23.0. The molecule has 0 heterocycles. The van der Waals surface area contributed by atoms with Crippen molar-refractivity contribution in [1.82, 2.24) is 0 Å². The molecule has 64 heavy (non-hydrogen) atoms. The molecule has 12 bridgehead atoms. The molecule has 0 saturated carbocycles. The van der Waals surface area contributed by atoms with E-state index in [1.807, 2.05) is 0 Å². The summed E-state index contributed by atoms with van der Waals surface area (Å²) in [4.78, 5) is 0. The van der Waals surface area contributed by atoms with E-state index in [9.17, 15) is 0 Å². The van der Waals surface area contributed by atoms with Crippen LogP contribution in [-0.4, -0.2) is 0 Å². The van der Waals surface area contributed by atoms with Gasteiger partial charge in [-0.05, 0) is 172 Å². The van der Waals surface area contributed by atoms with Crippen molar-refractivity contribution < 1.29 is 0 Å². The van der Waals surface area contributed by atoms with Gasteiger partial charge in [0.05, 0.1) is 0 Å². The SMILES string of the molecule is CCCCc1c2cccc3c#cc4ccc(cc4)c4ccc(c#cc5cccc6c(CCCC)c7cccc(c8ccc(cc8)c8ccc(cc8)c8cccc1c8cc32)c7cc56)cc4. The third-order valence-electron chi connectivity index (χ3n) is 13.4. The van der Waals surface area contributed by atoms with Gasteiger partial charge in [-0.3, -0.25) is 0 Å². The Morgan fingerprint density at radius 3 is 0.969 bits per heavy atom. The number of rotatable bonds is 6. The van der Waals surface area contributed by atoms with Crippen LogP contribution < -0.4 is 0 Å². The molecule has 0 aliphatic heterocycles. The number of benzene rings is 10. The maximum absolute atomic E-state index is 3.60. The van der Waals surface area contributed by atoms with E-state index in [0.29, 0.717) is 0 Å². The van der Waals surface area contributed by atoms with Crippen molar-refractivity contribution in [2.45, 2.75) is 52.4 Å². The number of hydrogen-bond donors (Lipinski definition) is 0. The first-order valence-corrected chi connectivity index (χ1v) is 23.0. The van der Waals surface area contributed by atoms with Crippen LogP contribution in [0.5, 0.6) is 0 Å². The van der Waals surface area contributed by atoms with Crippen molar-refractivity contribution in [3.8, 4) is 0 Å². The van der Waals surface area contributed by atoms with Gasteiger partial charge in [-0.15, -0.1) is 0 Å². The Morgan fingerprint density at radius 2 is 0.594 bits per heavy atom. The van der Waals surface area contributed by atoms with E-state index >= 15 is 0 Å². The van der Waals surface area contributed by atoms with E-state index in [4.69, 9.17) is 0 Å². The van der Waals surface area contributed by atoms with Crippen LogP contribution in [0.1, 0.15) is 50.7 Å². The van der Waals surface area contributed by atoms with Gasteiger partial charge in [-0.1, -0.05) is 184 Å². The van der Waals surface area contributed by atoms with Gasteiger partial charge in [0.25, 0.3) is 0 Å². The fourth-order valence-electron chi connectivity index (χ4n) is 9.94. The predicted molar refractivity (Wildman–Crippen MR) is 278 cm³/mol. The lowest BCUT2D eigenvalue weighted by Crippen LogP contribution is -1.91. The topological polar surface area (TPSA) is 0 Å². The van der Waals surface area contributed by atoms with Gasteiger partial charge in [0.1, 0.15) is 0 Å². The molecule has 0 aliphatic rings. The lowest BCUT2D eigenvalue weighted by Gasteiger charge is -2.13. The normalized spacial score (nSPS) is 11.4. The number of unbranched alkanes of at least 4 members (excludes halogenated alkanes) is 2. The Morgan fingerprint density at radius 1 is 0.281 bits per heavy atom. The van der Waals surface area contributed by atoms with Crippen LogP contribution in [0.2, 0.25) is 0 Å². The zero-order valence-corrected chi connectivity index (χ0v) is 36.6. The smallest absolute Gasteiger partial charge is 0.0327 e. The van der Waals surface area contributed by atoms with Crippen LogP contribution in [0, 0.1) is 24.3 Å². The van der Waals surface area contributed by atoms with Crippen molar-refractivity contribution in [2.24, 2.45) is 0 Å². The standard InChI is InChI=1S/C64H48/c1-3-5-13-55-57-17-7-11-49-31-25-43-21-27-45(28-22-43)46-29-23-44(24-30-46)26-32-50-12-8-18-58-56(14-6-4-2)60-20-10-16-54(64(60)42-62(50)58)52-39-35-48(36-40-52)47-33-37-51(38-34-47)53-15-9-19-59(55)63(53)41-61(49)57/h7-12,15-24,27-30,33-42H,3-6,13-14H2,1-2H3. The summed E-state index contributed by atoms with van der Waals surface area (Å²) in [6, 6.07) is 81.6. The summed E-state index contributed by atoms with van der Waals surface area (Å²) in [6.45, 7) is 4.56. The minimum absolute atomic E-state index is 0.998.